The monoisotopic (exact) mass is 833 g/mol. The summed E-state index contributed by atoms with van der Waals surface area (Å²) in [6.07, 6.45) is 4.29. The van der Waals surface area contributed by atoms with Crippen LogP contribution in [0.5, 0.6) is 11.5 Å². The number of anilines is 5. The quantitative estimate of drug-likeness (QED) is 0.176. The molecule has 63 heavy (non-hydrogen) atoms. The van der Waals surface area contributed by atoms with Gasteiger partial charge in [-0.3, -0.25) is 0 Å². The van der Waals surface area contributed by atoms with E-state index in [0.717, 1.165) is 30.5 Å². The topological polar surface area (TPSA) is 22.2 Å². The van der Waals surface area contributed by atoms with E-state index in [9.17, 15) is 0 Å². The minimum Gasteiger partial charge on any atom is -0.457 e. The van der Waals surface area contributed by atoms with E-state index in [0.29, 0.717) is 0 Å². The van der Waals surface area contributed by atoms with Crippen molar-refractivity contribution in [2.45, 2.75) is 110 Å². The summed E-state index contributed by atoms with van der Waals surface area (Å²) in [6, 6.07) is 43.3. The minimum absolute atomic E-state index is 0.0344. The molecule has 0 radical (unpaired) electrons. The van der Waals surface area contributed by atoms with Crippen LogP contribution < -0.4 is 24.3 Å². The molecule has 5 heteroatoms. The standard InChI is InChI=1S/C58H64N4O/c1-54(2,3)37-29-43-44-30-38(55(4,5)6)32-48(57(10,11)12)52(44)58(51(43)47(31-37)56(7,8)9)45-26-25-42(34-50(45)62-35-59(13)49-24-18-23-46(58)53(49)62)63-41-22-17-21-40(33-41)61-28-27-60(36-61)39-19-15-14-16-20-39/h14-34H,35-36H2,1-13H3. The molecule has 3 aliphatic heterocycles. The number of fused-ring (bicyclic) bond motifs is 9. The summed E-state index contributed by atoms with van der Waals surface area (Å²) in [7, 11) is 2.24. The first-order valence-corrected chi connectivity index (χ1v) is 22.9. The van der Waals surface area contributed by atoms with Gasteiger partial charge in [0.15, 0.2) is 0 Å². The molecular formula is C58H64N4O. The van der Waals surface area contributed by atoms with E-state index in [1.165, 1.54) is 78.4 Å². The molecule has 0 bridgehead atoms. The fourth-order valence-electron chi connectivity index (χ4n) is 10.7. The van der Waals surface area contributed by atoms with E-state index in [1.807, 2.05) is 0 Å². The average molecular weight is 833 g/mol. The minimum atomic E-state index is -0.587. The highest BCUT2D eigenvalue weighted by atomic mass is 16.5. The Labute approximate surface area is 376 Å². The number of hydrogen-bond donors (Lipinski definition) is 0. The molecule has 1 aliphatic carbocycles. The Balaban J connectivity index is 1.22. The number of nitrogens with zero attached hydrogens (tertiary/aromatic N) is 4. The third kappa shape index (κ3) is 6.39. The lowest BCUT2D eigenvalue weighted by molar-refractivity contribution is 0.482. The summed E-state index contributed by atoms with van der Waals surface area (Å²) in [6.45, 7) is 30.2. The Morgan fingerprint density at radius 3 is 1.62 bits per heavy atom. The van der Waals surface area contributed by atoms with Crippen LogP contribution in [-0.4, -0.2) is 20.4 Å². The van der Waals surface area contributed by atoms with Gasteiger partial charge >= 0.3 is 0 Å². The maximum atomic E-state index is 6.93. The first-order chi connectivity index (χ1) is 29.7. The smallest absolute Gasteiger partial charge is 0.129 e. The molecule has 4 aliphatic rings. The Hall–Kier alpha value is -5.94. The highest BCUT2D eigenvalue weighted by molar-refractivity contribution is 6.00. The zero-order chi connectivity index (χ0) is 44.6. The van der Waals surface area contributed by atoms with E-state index in [1.54, 1.807) is 0 Å². The highest BCUT2D eigenvalue weighted by Crippen LogP contribution is 2.68. The summed E-state index contributed by atoms with van der Waals surface area (Å²) in [4.78, 5) is 9.49. The molecule has 6 aromatic carbocycles. The van der Waals surface area contributed by atoms with Gasteiger partial charge < -0.3 is 24.3 Å². The fraction of sp³-hybridized carbons (Fsp3) is 0.345. The van der Waals surface area contributed by atoms with Gasteiger partial charge in [0.1, 0.15) is 11.5 Å². The van der Waals surface area contributed by atoms with Crippen molar-refractivity contribution >= 4 is 28.4 Å². The lowest BCUT2D eigenvalue weighted by atomic mass is 9.59. The largest absolute Gasteiger partial charge is 0.457 e. The molecule has 0 N–H and O–H groups in total. The van der Waals surface area contributed by atoms with Crippen LogP contribution in [0.1, 0.15) is 128 Å². The maximum absolute atomic E-state index is 6.93. The second-order valence-electron chi connectivity index (χ2n) is 22.6. The van der Waals surface area contributed by atoms with Gasteiger partial charge in [0.2, 0.25) is 0 Å². The summed E-state index contributed by atoms with van der Waals surface area (Å²) in [5.74, 6) is 1.64. The molecule has 0 saturated carbocycles. The number of para-hydroxylation sites is 2. The van der Waals surface area contributed by atoms with Crippen LogP contribution in [-0.2, 0) is 27.1 Å². The molecule has 0 aromatic heterocycles. The predicted octanol–water partition coefficient (Wildman–Crippen LogP) is 14.6. The van der Waals surface area contributed by atoms with Crippen molar-refractivity contribution in [3.8, 4) is 22.6 Å². The molecule has 0 saturated heterocycles. The van der Waals surface area contributed by atoms with Crippen molar-refractivity contribution in [2.24, 2.45) is 0 Å². The normalized spacial score (nSPS) is 16.1. The van der Waals surface area contributed by atoms with Gasteiger partial charge in [0.25, 0.3) is 0 Å². The summed E-state index contributed by atoms with van der Waals surface area (Å²) < 4.78 is 6.93. The molecule has 10 rings (SSSR count). The van der Waals surface area contributed by atoms with Crippen molar-refractivity contribution in [3.05, 3.63) is 172 Å². The number of rotatable bonds is 4. The third-order valence-electron chi connectivity index (χ3n) is 14.0. The molecule has 322 valence electrons. The van der Waals surface area contributed by atoms with Crippen LogP contribution in [0, 0.1) is 0 Å². The Bertz CT molecular complexity index is 2760. The second kappa shape index (κ2) is 13.8. The Morgan fingerprint density at radius 2 is 1.03 bits per heavy atom. The SMILES string of the molecule is CN1CN2c3cc(Oc4cccc(N5C=CN(c6ccccc6)C5)c4)ccc3C3(c4cccc1c42)c1c(cc(C(C)(C)C)cc1C(C)(C)C)-c1cc(C(C)(C)C)cc(C(C)(C)C)c13. The fourth-order valence-corrected chi connectivity index (χ4v) is 10.7. The van der Waals surface area contributed by atoms with Crippen molar-refractivity contribution in [2.75, 3.05) is 40.0 Å². The molecule has 0 unspecified atom stereocenters. The Kier molecular flexibility index (Phi) is 8.99. The lowest BCUT2D eigenvalue weighted by Gasteiger charge is -2.46. The van der Waals surface area contributed by atoms with Crippen LogP contribution in [0.4, 0.5) is 28.4 Å². The number of ether oxygens (including phenoxy) is 1. The van der Waals surface area contributed by atoms with E-state index in [2.05, 4.69) is 237 Å². The number of hydrogen-bond acceptors (Lipinski definition) is 5. The average Bonchev–Trinajstić information content (AvgIpc) is 3.93. The first kappa shape index (κ1) is 41.1. The van der Waals surface area contributed by atoms with Gasteiger partial charge in [0, 0.05) is 43.0 Å². The van der Waals surface area contributed by atoms with Crippen molar-refractivity contribution in [1.82, 2.24) is 0 Å². The predicted molar refractivity (Wildman–Crippen MR) is 266 cm³/mol. The molecule has 6 aromatic rings. The van der Waals surface area contributed by atoms with Crippen LogP contribution >= 0.6 is 0 Å². The van der Waals surface area contributed by atoms with E-state index in [4.69, 9.17) is 4.74 Å². The van der Waals surface area contributed by atoms with E-state index >= 15 is 0 Å². The molecule has 5 nitrogen and oxygen atoms in total. The zero-order valence-electron chi connectivity index (χ0n) is 39.7. The second-order valence-corrected chi connectivity index (χ2v) is 22.6. The highest BCUT2D eigenvalue weighted by Gasteiger charge is 2.57. The van der Waals surface area contributed by atoms with Gasteiger partial charge in [-0.1, -0.05) is 150 Å². The van der Waals surface area contributed by atoms with Gasteiger partial charge in [-0.2, -0.15) is 0 Å². The van der Waals surface area contributed by atoms with Gasteiger partial charge in [-0.15, -0.1) is 0 Å². The molecular weight excluding hydrogens is 769 g/mol. The van der Waals surface area contributed by atoms with Crippen LogP contribution in [0.25, 0.3) is 11.1 Å². The lowest BCUT2D eigenvalue weighted by Crippen LogP contribution is -2.40. The summed E-state index contributed by atoms with van der Waals surface area (Å²) >= 11 is 0. The van der Waals surface area contributed by atoms with Gasteiger partial charge in [-0.05, 0) is 114 Å². The number of benzene rings is 6. The summed E-state index contributed by atoms with van der Waals surface area (Å²) in [5.41, 5.74) is 19.0. The molecule has 0 atom stereocenters. The first-order valence-electron chi connectivity index (χ1n) is 22.9. The van der Waals surface area contributed by atoms with Crippen molar-refractivity contribution in [3.63, 3.8) is 0 Å². The third-order valence-corrected chi connectivity index (χ3v) is 14.0. The zero-order valence-corrected chi connectivity index (χ0v) is 39.7. The maximum Gasteiger partial charge on any atom is 0.129 e. The van der Waals surface area contributed by atoms with Crippen molar-refractivity contribution in [1.29, 1.82) is 0 Å². The molecule has 3 heterocycles. The van der Waals surface area contributed by atoms with E-state index in [-0.39, 0.29) is 21.7 Å². The molecule has 1 spiro atoms. The van der Waals surface area contributed by atoms with Crippen LogP contribution in [0.3, 0.4) is 0 Å². The van der Waals surface area contributed by atoms with Gasteiger partial charge in [0.05, 0.1) is 35.8 Å². The van der Waals surface area contributed by atoms with Crippen LogP contribution in [0.2, 0.25) is 0 Å². The summed E-state index contributed by atoms with van der Waals surface area (Å²) in [5, 5.41) is 0. The molecule has 0 fully saturated rings. The van der Waals surface area contributed by atoms with Crippen molar-refractivity contribution < 1.29 is 4.74 Å². The Morgan fingerprint density at radius 1 is 0.476 bits per heavy atom. The molecule has 0 amide bonds. The van der Waals surface area contributed by atoms with Crippen LogP contribution in [0.15, 0.2) is 128 Å². The van der Waals surface area contributed by atoms with E-state index < -0.39 is 5.41 Å². The van der Waals surface area contributed by atoms with Gasteiger partial charge in [-0.25, -0.2) is 0 Å².